The highest BCUT2D eigenvalue weighted by Gasteiger charge is 2.14. The molecule has 20 heavy (non-hydrogen) atoms. The minimum absolute atomic E-state index is 0.129. The number of nitrogens with zero attached hydrogens (tertiary/aromatic N) is 2. The summed E-state index contributed by atoms with van der Waals surface area (Å²) in [5.74, 6) is 0.615. The van der Waals surface area contributed by atoms with Crippen molar-refractivity contribution < 1.29 is 8.42 Å². The first kappa shape index (κ1) is 14.4. The van der Waals surface area contributed by atoms with Crippen LogP contribution in [-0.2, 0) is 16.6 Å². The lowest BCUT2D eigenvalue weighted by atomic mass is 10.3. The van der Waals surface area contributed by atoms with Crippen molar-refractivity contribution in [3.05, 3.63) is 47.9 Å². The molecular formula is C13H16N4O2S. The zero-order valence-electron chi connectivity index (χ0n) is 11.3. The van der Waals surface area contributed by atoms with E-state index in [0.717, 1.165) is 5.69 Å². The number of sulfonamides is 1. The molecule has 0 aliphatic heterocycles. The van der Waals surface area contributed by atoms with Crippen LogP contribution in [0.15, 0.2) is 41.4 Å². The summed E-state index contributed by atoms with van der Waals surface area (Å²) in [6.07, 6.45) is 1.32. The van der Waals surface area contributed by atoms with Crippen molar-refractivity contribution >= 4 is 15.8 Å². The molecule has 2 heterocycles. The Morgan fingerprint density at radius 1 is 1.20 bits per heavy atom. The standard InChI is InChI=1S/C13H16N4O2S/c1-10-4-3-5-11(17-10)8-16-20(18,19)12-6-7-13(14-2)15-9-12/h3-7,9,16H,8H2,1-2H3,(H,14,15). The van der Waals surface area contributed by atoms with Gasteiger partial charge in [0.1, 0.15) is 10.7 Å². The molecule has 0 fully saturated rings. The van der Waals surface area contributed by atoms with E-state index in [9.17, 15) is 8.42 Å². The topological polar surface area (TPSA) is 84.0 Å². The summed E-state index contributed by atoms with van der Waals surface area (Å²) in [5.41, 5.74) is 1.52. The summed E-state index contributed by atoms with van der Waals surface area (Å²) in [4.78, 5) is 8.36. The second-order valence-corrected chi connectivity index (χ2v) is 5.99. The van der Waals surface area contributed by atoms with Gasteiger partial charge >= 0.3 is 0 Å². The van der Waals surface area contributed by atoms with E-state index in [0.29, 0.717) is 11.5 Å². The molecule has 0 aliphatic rings. The van der Waals surface area contributed by atoms with Crippen molar-refractivity contribution in [1.29, 1.82) is 0 Å². The number of aryl methyl sites for hydroxylation is 1. The van der Waals surface area contributed by atoms with E-state index in [-0.39, 0.29) is 11.4 Å². The molecule has 0 aliphatic carbocycles. The Morgan fingerprint density at radius 2 is 2.00 bits per heavy atom. The molecule has 0 aromatic carbocycles. The van der Waals surface area contributed by atoms with E-state index >= 15 is 0 Å². The van der Waals surface area contributed by atoms with Gasteiger partial charge in [0.05, 0.1) is 12.2 Å². The van der Waals surface area contributed by atoms with Crippen molar-refractivity contribution in [3.63, 3.8) is 0 Å². The molecule has 7 heteroatoms. The molecule has 0 saturated heterocycles. The third kappa shape index (κ3) is 3.52. The van der Waals surface area contributed by atoms with Crippen molar-refractivity contribution in [2.24, 2.45) is 0 Å². The number of hydrogen-bond donors (Lipinski definition) is 2. The number of anilines is 1. The van der Waals surface area contributed by atoms with Crippen LogP contribution in [0.25, 0.3) is 0 Å². The minimum Gasteiger partial charge on any atom is -0.373 e. The maximum Gasteiger partial charge on any atom is 0.242 e. The maximum absolute atomic E-state index is 12.1. The Morgan fingerprint density at radius 3 is 2.60 bits per heavy atom. The summed E-state index contributed by atoms with van der Waals surface area (Å²) in [7, 11) is -1.86. The lowest BCUT2D eigenvalue weighted by Gasteiger charge is -2.07. The highest BCUT2D eigenvalue weighted by molar-refractivity contribution is 7.89. The Balaban J connectivity index is 2.10. The SMILES string of the molecule is CNc1ccc(S(=O)(=O)NCc2cccc(C)n2)cn1. The largest absolute Gasteiger partial charge is 0.373 e. The molecule has 0 bridgehead atoms. The molecule has 2 aromatic rings. The molecule has 0 spiro atoms. The Bertz CT molecular complexity index is 684. The third-order valence-electron chi connectivity index (χ3n) is 2.69. The maximum atomic E-state index is 12.1. The third-order valence-corrected chi connectivity index (χ3v) is 4.08. The van der Waals surface area contributed by atoms with Crippen LogP contribution in [0.5, 0.6) is 0 Å². The Hall–Kier alpha value is -1.99. The van der Waals surface area contributed by atoms with Crippen LogP contribution in [0.4, 0.5) is 5.82 Å². The summed E-state index contributed by atoms with van der Waals surface area (Å²) < 4.78 is 26.7. The van der Waals surface area contributed by atoms with Crippen molar-refractivity contribution in [2.45, 2.75) is 18.4 Å². The highest BCUT2D eigenvalue weighted by Crippen LogP contribution is 2.10. The molecule has 2 N–H and O–H groups in total. The van der Waals surface area contributed by atoms with Gasteiger partial charge in [0.2, 0.25) is 10.0 Å². The number of aromatic nitrogens is 2. The molecule has 0 atom stereocenters. The lowest BCUT2D eigenvalue weighted by Crippen LogP contribution is -2.24. The van der Waals surface area contributed by atoms with E-state index in [4.69, 9.17) is 0 Å². The summed E-state index contributed by atoms with van der Waals surface area (Å²) in [6, 6.07) is 8.59. The van der Waals surface area contributed by atoms with Gasteiger partial charge < -0.3 is 5.32 Å². The van der Waals surface area contributed by atoms with E-state index < -0.39 is 10.0 Å². The average molecular weight is 292 g/mol. The summed E-state index contributed by atoms with van der Waals surface area (Å²) in [5, 5.41) is 2.83. The van der Waals surface area contributed by atoms with E-state index in [1.807, 2.05) is 19.1 Å². The molecule has 106 valence electrons. The first-order valence-corrected chi connectivity index (χ1v) is 7.55. The van der Waals surface area contributed by atoms with Crippen LogP contribution in [0.2, 0.25) is 0 Å². The molecule has 2 aromatic heterocycles. The molecular weight excluding hydrogens is 276 g/mol. The number of rotatable bonds is 5. The fourth-order valence-electron chi connectivity index (χ4n) is 1.64. The van der Waals surface area contributed by atoms with Crippen LogP contribution >= 0.6 is 0 Å². The summed E-state index contributed by atoms with van der Waals surface area (Å²) >= 11 is 0. The summed E-state index contributed by atoms with van der Waals surface area (Å²) in [6.45, 7) is 2.01. The minimum atomic E-state index is -3.58. The van der Waals surface area contributed by atoms with Crippen LogP contribution < -0.4 is 10.0 Å². The van der Waals surface area contributed by atoms with Crippen molar-refractivity contribution in [3.8, 4) is 0 Å². The van der Waals surface area contributed by atoms with Crippen LogP contribution in [-0.4, -0.2) is 25.4 Å². The van der Waals surface area contributed by atoms with Gasteiger partial charge in [-0.1, -0.05) is 6.07 Å². The van der Waals surface area contributed by atoms with E-state index in [1.165, 1.54) is 12.3 Å². The van der Waals surface area contributed by atoms with Crippen molar-refractivity contribution in [1.82, 2.24) is 14.7 Å². The van der Waals surface area contributed by atoms with Gasteiger partial charge in [0.25, 0.3) is 0 Å². The zero-order valence-corrected chi connectivity index (χ0v) is 12.1. The Kier molecular flexibility index (Phi) is 4.31. The second kappa shape index (κ2) is 5.98. The smallest absolute Gasteiger partial charge is 0.242 e. The van der Waals surface area contributed by atoms with Crippen molar-refractivity contribution in [2.75, 3.05) is 12.4 Å². The van der Waals surface area contributed by atoms with E-state index in [2.05, 4.69) is 20.0 Å². The number of hydrogen-bond acceptors (Lipinski definition) is 5. The molecule has 2 rings (SSSR count). The van der Waals surface area contributed by atoms with Crippen LogP contribution in [0.3, 0.4) is 0 Å². The van der Waals surface area contributed by atoms with E-state index in [1.54, 1.807) is 19.2 Å². The van der Waals surface area contributed by atoms with Gasteiger partial charge in [-0.2, -0.15) is 0 Å². The van der Waals surface area contributed by atoms with Gasteiger partial charge in [0, 0.05) is 18.9 Å². The van der Waals surface area contributed by atoms with Gasteiger partial charge in [-0.05, 0) is 31.2 Å². The fraction of sp³-hybridized carbons (Fsp3) is 0.231. The number of pyridine rings is 2. The average Bonchev–Trinajstić information content (AvgIpc) is 2.45. The number of nitrogens with one attached hydrogen (secondary N) is 2. The first-order valence-electron chi connectivity index (χ1n) is 6.07. The van der Waals surface area contributed by atoms with Gasteiger partial charge in [0.15, 0.2) is 0 Å². The van der Waals surface area contributed by atoms with Gasteiger partial charge in [-0.25, -0.2) is 18.1 Å². The van der Waals surface area contributed by atoms with Gasteiger partial charge in [-0.15, -0.1) is 0 Å². The lowest BCUT2D eigenvalue weighted by molar-refractivity contribution is 0.580. The predicted molar refractivity (Wildman–Crippen MR) is 76.8 cm³/mol. The molecule has 0 amide bonds. The molecule has 0 unspecified atom stereocenters. The van der Waals surface area contributed by atoms with Crippen LogP contribution in [0, 0.1) is 6.92 Å². The normalized spacial score (nSPS) is 11.3. The molecule has 6 nitrogen and oxygen atoms in total. The quantitative estimate of drug-likeness (QED) is 0.868. The predicted octanol–water partition coefficient (Wildman–Crippen LogP) is 1.31. The second-order valence-electron chi connectivity index (χ2n) is 4.22. The monoisotopic (exact) mass is 292 g/mol. The molecule has 0 radical (unpaired) electrons. The molecule has 0 saturated carbocycles. The first-order chi connectivity index (χ1) is 9.51. The zero-order chi connectivity index (χ0) is 14.6. The fourth-order valence-corrected chi connectivity index (χ4v) is 2.58. The van der Waals surface area contributed by atoms with Gasteiger partial charge in [-0.3, -0.25) is 4.98 Å². The highest BCUT2D eigenvalue weighted by atomic mass is 32.2. The van der Waals surface area contributed by atoms with Crippen LogP contribution in [0.1, 0.15) is 11.4 Å². The Labute approximate surface area is 118 Å².